The van der Waals surface area contributed by atoms with Crippen molar-refractivity contribution in [3.63, 3.8) is 0 Å². The Labute approximate surface area is 152 Å². The molecule has 2 amide bonds. The molecule has 0 aromatic heterocycles. The van der Waals surface area contributed by atoms with Gasteiger partial charge in [0.05, 0.1) is 5.75 Å². The van der Waals surface area contributed by atoms with Crippen LogP contribution < -0.4 is 10.6 Å². The Kier molecular flexibility index (Phi) is 6.84. The normalized spacial score (nSPS) is 23.0. The molecule has 1 aliphatic carbocycles. The number of nitrogens with one attached hydrogen (secondary N) is 2. The molecular weight excluding hydrogens is 360 g/mol. The van der Waals surface area contributed by atoms with Gasteiger partial charge < -0.3 is 20.5 Å². The van der Waals surface area contributed by atoms with Crippen LogP contribution in [0, 0.1) is 5.92 Å². The summed E-state index contributed by atoms with van der Waals surface area (Å²) in [5, 5.41) is 14.0. The van der Waals surface area contributed by atoms with Crippen LogP contribution in [0.4, 0.5) is 9.59 Å². The Hall–Kier alpha value is -2.29. The fourth-order valence-corrected chi connectivity index (χ4v) is 4.40. The molecule has 1 saturated carbocycles. The molecule has 1 aromatic rings. The maximum atomic E-state index is 12.1. The lowest BCUT2D eigenvalue weighted by Gasteiger charge is -2.35. The fourth-order valence-electron chi connectivity index (χ4n) is 3.25. The van der Waals surface area contributed by atoms with Gasteiger partial charge in [-0.3, -0.25) is 0 Å². The van der Waals surface area contributed by atoms with E-state index < -0.39 is 22.0 Å². The van der Waals surface area contributed by atoms with Gasteiger partial charge in [0.25, 0.3) is 0 Å². The number of carbonyl (C=O) groups is 2. The highest BCUT2D eigenvalue weighted by atomic mass is 32.2. The topological polar surface area (TPSA) is 122 Å². The van der Waals surface area contributed by atoms with Crippen molar-refractivity contribution < 1.29 is 27.9 Å². The SMILES string of the molecule is CS(=O)(=O)C[C@@H]1CC(NC(=O)O)CC[C@@H]1NC(=O)OCc1ccccc1. The van der Waals surface area contributed by atoms with Gasteiger partial charge in [0, 0.05) is 18.3 Å². The molecule has 0 bridgehead atoms. The fraction of sp³-hybridized carbons (Fsp3) is 0.529. The molecule has 3 atom stereocenters. The summed E-state index contributed by atoms with van der Waals surface area (Å²) in [6.45, 7) is 0.124. The largest absolute Gasteiger partial charge is 0.465 e. The van der Waals surface area contributed by atoms with Gasteiger partial charge in [0.2, 0.25) is 0 Å². The van der Waals surface area contributed by atoms with Crippen molar-refractivity contribution in [1.29, 1.82) is 0 Å². The highest BCUT2D eigenvalue weighted by molar-refractivity contribution is 7.90. The number of benzene rings is 1. The Bertz CT molecular complexity index is 722. The van der Waals surface area contributed by atoms with Crippen molar-refractivity contribution in [3.05, 3.63) is 35.9 Å². The maximum absolute atomic E-state index is 12.1. The van der Waals surface area contributed by atoms with E-state index in [0.717, 1.165) is 11.8 Å². The summed E-state index contributed by atoms with van der Waals surface area (Å²) in [5.41, 5.74) is 0.852. The van der Waals surface area contributed by atoms with Crippen LogP contribution in [0.2, 0.25) is 0 Å². The lowest BCUT2D eigenvalue weighted by molar-refractivity contribution is 0.124. The molecule has 144 valence electrons. The second-order valence-corrected chi connectivity index (χ2v) is 8.81. The zero-order valence-corrected chi connectivity index (χ0v) is 15.4. The van der Waals surface area contributed by atoms with Crippen molar-refractivity contribution in [3.8, 4) is 0 Å². The highest BCUT2D eigenvalue weighted by Gasteiger charge is 2.34. The van der Waals surface area contributed by atoms with Crippen molar-refractivity contribution in [2.45, 2.75) is 38.0 Å². The maximum Gasteiger partial charge on any atom is 0.407 e. The summed E-state index contributed by atoms with van der Waals surface area (Å²) in [7, 11) is -3.27. The third kappa shape index (κ3) is 6.91. The number of sulfone groups is 1. The average Bonchev–Trinajstić information content (AvgIpc) is 2.54. The van der Waals surface area contributed by atoms with Crippen LogP contribution in [0.5, 0.6) is 0 Å². The van der Waals surface area contributed by atoms with Gasteiger partial charge >= 0.3 is 12.2 Å². The molecule has 0 saturated heterocycles. The third-order valence-corrected chi connectivity index (χ3v) is 5.38. The molecule has 0 aliphatic heterocycles. The van der Waals surface area contributed by atoms with Gasteiger partial charge in [-0.25, -0.2) is 18.0 Å². The third-order valence-electron chi connectivity index (χ3n) is 4.34. The number of carbonyl (C=O) groups excluding carboxylic acids is 1. The molecule has 0 radical (unpaired) electrons. The molecule has 9 heteroatoms. The number of hydrogen-bond donors (Lipinski definition) is 3. The summed E-state index contributed by atoms with van der Waals surface area (Å²) >= 11 is 0. The molecule has 26 heavy (non-hydrogen) atoms. The van der Waals surface area contributed by atoms with Crippen LogP contribution in [0.3, 0.4) is 0 Å². The molecule has 0 heterocycles. The molecule has 1 aliphatic rings. The number of amides is 2. The smallest absolute Gasteiger partial charge is 0.407 e. The first-order valence-corrected chi connectivity index (χ1v) is 10.4. The lowest BCUT2D eigenvalue weighted by Crippen LogP contribution is -2.50. The molecule has 8 nitrogen and oxygen atoms in total. The molecule has 1 aromatic carbocycles. The number of rotatable bonds is 6. The van der Waals surface area contributed by atoms with E-state index >= 15 is 0 Å². The van der Waals surface area contributed by atoms with E-state index in [1.165, 1.54) is 0 Å². The van der Waals surface area contributed by atoms with E-state index in [1.54, 1.807) is 0 Å². The minimum Gasteiger partial charge on any atom is -0.465 e. The van der Waals surface area contributed by atoms with Gasteiger partial charge in [-0.15, -0.1) is 0 Å². The van der Waals surface area contributed by atoms with Crippen molar-refractivity contribution in [2.75, 3.05) is 12.0 Å². The Morgan fingerprint density at radius 3 is 2.50 bits per heavy atom. The van der Waals surface area contributed by atoms with Gasteiger partial charge in [-0.05, 0) is 30.7 Å². The number of hydrogen-bond acceptors (Lipinski definition) is 5. The molecule has 3 N–H and O–H groups in total. The standard InChI is InChI=1S/C17H24N2O6S/c1-26(23,24)11-13-9-14(18-16(20)21)7-8-15(13)19-17(22)25-10-12-5-3-2-4-6-12/h2-6,13-15,18H,7-11H2,1H3,(H,19,22)(H,20,21)/t13-,14?,15-/m0/s1. The van der Waals surface area contributed by atoms with Gasteiger partial charge in [-0.2, -0.15) is 0 Å². The first-order chi connectivity index (χ1) is 12.2. The molecular formula is C17H24N2O6S. The molecule has 0 spiro atoms. The second-order valence-electron chi connectivity index (χ2n) is 6.62. The van der Waals surface area contributed by atoms with Gasteiger partial charge in [0.1, 0.15) is 16.4 Å². The van der Waals surface area contributed by atoms with Crippen LogP contribution in [0.25, 0.3) is 0 Å². The van der Waals surface area contributed by atoms with Crippen molar-refractivity contribution in [1.82, 2.24) is 10.6 Å². The first-order valence-electron chi connectivity index (χ1n) is 8.37. The van der Waals surface area contributed by atoms with Crippen LogP contribution in [0.15, 0.2) is 30.3 Å². The van der Waals surface area contributed by atoms with Gasteiger partial charge in [-0.1, -0.05) is 30.3 Å². The predicted molar refractivity (Wildman–Crippen MR) is 95.6 cm³/mol. The Morgan fingerprint density at radius 1 is 1.19 bits per heavy atom. The number of alkyl carbamates (subject to hydrolysis) is 1. The number of carboxylic acid groups (broad SMARTS) is 1. The summed E-state index contributed by atoms with van der Waals surface area (Å²) in [5.74, 6) is -0.492. The van der Waals surface area contributed by atoms with Crippen molar-refractivity contribution in [2.24, 2.45) is 5.92 Å². The molecule has 1 unspecified atom stereocenters. The molecule has 2 rings (SSSR count). The highest BCUT2D eigenvalue weighted by Crippen LogP contribution is 2.26. The van der Waals surface area contributed by atoms with Crippen molar-refractivity contribution >= 4 is 22.0 Å². The second kappa shape index (κ2) is 8.88. The van der Waals surface area contributed by atoms with Crippen LogP contribution in [0.1, 0.15) is 24.8 Å². The summed E-state index contributed by atoms with van der Waals surface area (Å²) in [6, 6.07) is 8.52. The minimum atomic E-state index is -3.27. The minimum absolute atomic E-state index is 0.117. The zero-order chi connectivity index (χ0) is 19.2. The van der Waals surface area contributed by atoms with E-state index in [0.29, 0.717) is 19.3 Å². The summed E-state index contributed by atoms with van der Waals surface area (Å²) in [6.07, 6.45) is 0.736. The Morgan fingerprint density at radius 2 is 1.88 bits per heavy atom. The van der Waals surface area contributed by atoms with Crippen LogP contribution in [-0.4, -0.2) is 49.8 Å². The lowest BCUT2D eigenvalue weighted by atomic mass is 9.82. The van der Waals surface area contributed by atoms with E-state index in [4.69, 9.17) is 9.84 Å². The van der Waals surface area contributed by atoms with E-state index in [2.05, 4.69) is 10.6 Å². The average molecular weight is 384 g/mol. The van der Waals surface area contributed by atoms with Crippen LogP contribution >= 0.6 is 0 Å². The van der Waals surface area contributed by atoms with Gasteiger partial charge in [0.15, 0.2) is 0 Å². The summed E-state index contributed by atoms with van der Waals surface area (Å²) < 4.78 is 28.6. The molecule has 1 fully saturated rings. The van der Waals surface area contributed by atoms with E-state index in [1.807, 2.05) is 30.3 Å². The van der Waals surface area contributed by atoms with E-state index in [9.17, 15) is 18.0 Å². The number of ether oxygens (including phenoxy) is 1. The Balaban J connectivity index is 1.93. The predicted octanol–water partition coefficient (Wildman–Crippen LogP) is 1.76. The summed E-state index contributed by atoms with van der Waals surface area (Å²) in [4.78, 5) is 22.9. The first kappa shape index (κ1) is 20.0. The zero-order valence-electron chi connectivity index (χ0n) is 14.6. The quantitative estimate of drug-likeness (QED) is 0.687. The monoisotopic (exact) mass is 384 g/mol. The van der Waals surface area contributed by atoms with Crippen LogP contribution in [-0.2, 0) is 21.2 Å². The van der Waals surface area contributed by atoms with E-state index in [-0.39, 0.29) is 30.4 Å².